The topological polar surface area (TPSA) is 132 Å². The van der Waals surface area contributed by atoms with Gasteiger partial charge in [-0.25, -0.2) is 0 Å². The van der Waals surface area contributed by atoms with Crippen LogP contribution in [0.1, 0.15) is 20.8 Å². The van der Waals surface area contributed by atoms with Crippen molar-refractivity contribution in [3.63, 3.8) is 0 Å². The van der Waals surface area contributed by atoms with E-state index in [1.165, 1.54) is 6.92 Å². The van der Waals surface area contributed by atoms with Crippen LogP contribution in [0.25, 0.3) is 0 Å². The molecule has 21 heavy (non-hydrogen) atoms. The second kappa shape index (κ2) is 9.16. The van der Waals surface area contributed by atoms with Crippen LogP contribution in [0.2, 0.25) is 0 Å². The molecule has 0 aromatic carbocycles. The molecule has 1 heterocycles. The largest absolute Gasteiger partial charge is 1.00 e. The molecular formula is C12H20NNaO7. The van der Waals surface area contributed by atoms with Crippen LogP contribution in [0, 0.1) is 0 Å². The Balaban J connectivity index is 0.00000400. The molecule has 6 atom stereocenters. The van der Waals surface area contributed by atoms with Gasteiger partial charge in [-0.3, -0.25) is 4.99 Å². The van der Waals surface area contributed by atoms with Gasteiger partial charge < -0.3 is 34.7 Å². The zero-order valence-electron chi connectivity index (χ0n) is 12.6. The maximum Gasteiger partial charge on any atom is 1.00 e. The summed E-state index contributed by atoms with van der Waals surface area (Å²) in [5.41, 5.74) is 0.599. The van der Waals surface area contributed by atoms with Gasteiger partial charge in [0.2, 0.25) is 0 Å². The summed E-state index contributed by atoms with van der Waals surface area (Å²) in [6.45, 7) is 4.06. The Morgan fingerprint density at radius 2 is 2.00 bits per heavy atom. The van der Waals surface area contributed by atoms with E-state index in [-0.39, 0.29) is 29.6 Å². The Hall–Kier alpha value is -0.0600. The fourth-order valence-electron chi connectivity index (χ4n) is 1.95. The number of aliphatic imine (C=N–C) groups is 1. The molecule has 0 aromatic heterocycles. The molecule has 1 saturated heterocycles. The van der Waals surface area contributed by atoms with Crippen LogP contribution in [0.4, 0.5) is 0 Å². The summed E-state index contributed by atoms with van der Waals surface area (Å²) in [6.07, 6.45) is -6.23. The Bertz CT molecular complexity index is 375. The standard InChI is InChI=1S/C12H21NO7.Na/c1-5(2)13-8-10(19-6(3)11(16)17)9(15)7(4-14)20-12(8)18;/h6-10,12,14-15,18H,4H2,1-3H3,(H,16,17);/q;+1/p-1/t6-,7+,8+,9+,10+,12?;/m0./s1. The summed E-state index contributed by atoms with van der Waals surface area (Å²) in [5, 5.41) is 39.8. The number of nitrogens with zero attached hydrogens (tertiary/aromatic N) is 1. The van der Waals surface area contributed by atoms with E-state index in [0.29, 0.717) is 5.71 Å². The maximum atomic E-state index is 10.7. The van der Waals surface area contributed by atoms with E-state index < -0.39 is 49.3 Å². The van der Waals surface area contributed by atoms with Crippen molar-refractivity contribution in [3.8, 4) is 0 Å². The van der Waals surface area contributed by atoms with E-state index in [2.05, 4.69) is 4.99 Å². The summed E-state index contributed by atoms with van der Waals surface area (Å²) in [7, 11) is 0. The normalized spacial score (nSPS) is 33.7. The Morgan fingerprint density at radius 3 is 2.43 bits per heavy atom. The van der Waals surface area contributed by atoms with Gasteiger partial charge in [-0.05, 0) is 20.8 Å². The van der Waals surface area contributed by atoms with Crippen LogP contribution in [0.15, 0.2) is 4.99 Å². The molecule has 8 nitrogen and oxygen atoms in total. The smallest absolute Gasteiger partial charge is 0.547 e. The molecule has 0 amide bonds. The van der Waals surface area contributed by atoms with Crippen LogP contribution in [-0.2, 0) is 14.3 Å². The minimum Gasteiger partial charge on any atom is -0.547 e. The fraction of sp³-hybridized carbons (Fsp3) is 0.833. The summed E-state index contributed by atoms with van der Waals surface area (Å²) in [4.78, 5) is 14.8. The van der Waals surface area contributed by atoms with Crippen molar-refractivity contribution in [1.82, 2.24) is 0 Å². The van der Waals surface area contributed by atoms with Crippen molar-refractivity contribution in [2.75, 3.05) is 6.61 Å². The molecule has 116 valence electrons. The molecule has 0 aromatic rings. The van der Waals surface area contributed by atoms with E-state index in [1.807, 2.05) is 0 Å². The zero-order chi connectivity index (χ0) is 15.4. The van der Waals surface area contributed by atoms with Crippen molar-refractivity contribution >= 4 is 11.7 Å². The van der Waals surface area contributed by atoms with E-state index >= 15 is 0 Å². The van der Waals surface area contributed by atoms with Gasteiger partial charge in [0.05, 0.1) is 18.7 Å². The van der Waals surface area contributed by atoms with Crippen molar-refractivity contribution in [1.29, 1.82) is 0 Å². The maximum absolute atomic E-state index is 10.7. The number of ether oxygens (including phenoxy) is 2. The number of carbonyl (C=O) groups excluding carboxylic acids is 1. The third kappa shape index (κ3) is 5.57. The first-order valence-electron chi connectivity index (χ1n) is 6.27. The van der Waals surface area contributed by atoms with Crippen LogP contribution in [0.3, 0.4) is 0 Å². The van der Waals surface area contributed by atoms with Crippen molar-refractivity contribution in [2.24, 2.45) is 4.99 Å². The SMILES string of the molecule is CC(C)=N[C@H]1C(O)O[C@H](CO)[C@@H](O)[C@@H]1O[C@@H](C)C(=O)[O-].[Na+]. The first-order chi connectivity index (χ1) is 9.27. The van der Waals surface area contributed by atoms with Gasteiger partial charge in [-0.2, -0.15) is 0 Å². The molecule has 0 saturated carbocycles. The van der Waals surface area contributed by atoms with Crippen molar-refractivity contribution in [2.45, 2.75) is 57.5 Å². The molecule has 1 aliphatic heterocycles. The van der Waals surface area contributed by atoms with Crippen LogP contribution >= 0.6 is 0 Å². The quantitative estimate of drug-likeness (QED) is 0.341. The molecule has 0 bridgehead atoms. The van der Waals surface area contributed by atoms with E-state index in [9.17, 15) is 20.1 Å². The number of carboxylic acid groups (broad SMARTS) is 1. The molecule has 3 N–H and O–H groups in total. The molecule has 0 spiro atoms. The van der Waals surface area contributed by atoms with E-state index in [4.69, 9.17) is 14.6 Å². The van der Waals surface area contributed by atoms with E-state index in [1.54, 1.807) is 13.8 Å². The van der Waals surface area contributed by atoms with Gasteiger partial charge in [0, 0.05) is 5.71 Å². The molecule has 1 rings (SSSR count). The predicted octanol–water partition coefficient (Wildman–Crippen LogP) is -5.57. The molecule has 0 aliphatic carbocycles. The number of hydrogen-bond donors (Lipinski definition) is 3. The van der Waals surface area contributed by atoms with Gasteiger partial charge in [0.1, 0.15) is 24.4 Å². The predicted molar refractivity (Wildman–Crippen MR) is 65.9 cm³/mol. The van der Waals surface area contributed by atoms with Gasteiger partial charge in [-0.15, -0.1) is 0 Å². The van der Waals surface area contributed by atoms with Crippen LogP contribution in [-0.4, -0.2) is 70.4 Å². The molecule has 1 fully saturated rings. The first-order valence-corrected chi connectivity index (χ1v) is 6.27. The van der Waals surface area contributed by atoms with Gasteiger partial charge in [-0.1, -0.05) is 0 Å². The molecule has 1 aliphatic rings. The number of aliphatic carboxylic acids is 1. The zero-order valence-corrected chi connectivity index (χ0v) is 14.6. The number of rotatable bonds is 5. The summed E-state index contributed by atoms with van der Waals surface area (Å²) < 4.78 is 10.2. The van der Waals surface area contributed by atoms with Gasteiger partial charge >= 0.3 is 29.6 Å². The number of carbonyl (C=O) groups is 1. The van der Waals surface area contributed by atoms with Crippen LogP contribution in [0.5, 0.6) is 0 Å². The number of carboxylic acids is 1. The Labute approximate surface area is 145 Å². The Kier molecular flexibility index (Phi) is 9.14. The number of aliphatic hydroxyl groups excluding tert-OH is 3. The summed E-state index contributed by atoms with van der Waals surface area (Å²) >= 11 is 0. The van der Waals surface area contributed by atoms with Crippen molar-refractivity contribution in [3.05, 3.63) is 0 Å². The molecule has 9 heteroatoms. The second-order valence-corrected chi connectivity index (χ2v) is 4.87. The second-order valence-electron chi connectivity index (χ2n) is 4.87. The minimum atomic E-state index is -1.45. The minimum absolute atomic E-state index is 0. The third-order valence-electron chi connectivity index (χ3n) is 2.94. The van der Waals surface area contributed by atoms with Crippen LogP contribution < -0.4 is 34.7 Å². The van der Waals surface area contributed by atoms with Gasteiger partial charge in [0.15, 0.2) is 6.29 Å². The van der Waals surface area contributed by atoms with Crippen molar-refractivity contribution < 1.29 is 64.3 Å². The Morgan fingerprint density at radius 1 is 1.43 bits per heavy atom. The average molecular weight is 313 g/mol. The third-order valence-corrected chi connectivity index (χ3v) is 2.94. The first kappa shape index (κ1) is 20.9. The monoisotopic (exact) mass is 313 g/mol. The fourth-order valence-corrected chi connectivity index (χ4v) is 1.95. The summed E-state index contributed by atoms with van der Waals surface area (Å²) in [5.74, 6) is -1.45. The summed E-state index contributed by atoms with van der Waals surface area (Å²) in [6, 6.07) is -0.986. The number of aliphatic hydroxyl groups is 3. The average Bonchev–Trinajstić information content (AvgIpc) is 2.36. The molecule has 1 unspecified atom stereocenters. The van der Waals surface area contributed by atoms with E-state index in [0.717, 1.165) is 0 Å². The molecular weight excluding hydrogens is 293 g/mol. The number of hydrogen-bond acceptors (Lipinski definition) is 8. The van der Waals surface area contributed by atoms with Gasteiger partial charge in [0.25, 0.3) is 0 Å². The molecule has 0 radical (unpaired) electrons.